The van der Waals surface area contributed by atoms with Crippen LogP contribution in [0.1, 0.15) is 56.5 Å². The predicted octanol–water partition coefficient (Wildman–Crippen LogP) is 6.84. The minimum absolute atomic E-state index is 0.175. The van der Waals surface area contributed by atoms with Crippen LogP contribution in [0.4, 0.5) is 5.69 Å². The second-order valence-electron chi connectivity index (χ2n) is 10.4. The molecule has 0 spiro atoms. The number of hydrogen-bond donors (Lipinski definition) is 2. The predicted molar refractivity (Wildman–Crippen MR) is 201 cm³/mol. The van der Waals surface area contributed by atoms with Gasteiger partial charge < -0.3 is 20.0 Å². The summed E-state index contributed by atoms with van der Waals surface area (Å²) in [6.07, 6.45) is 6.61. The largest absolute Gasteiger partial charge is 0.389 e. The van der Waals surface area contributed by atoms with E-state index in [0.29, 0.717) is 30.3 Å². The summed E-state index contributed by atoms with van der Waals surface area (Å²) < 4.78 is 17.0. The average Bonchev–Trinajstić information content (AvgIpc) is 3.10. The second kappa shape index (κ2) is 21.7. The summed E-state index contributed by atoms with van der Waals surface area (Å²) in [7, 11) is -1.41. The lowest BCUT2D eigenvalue weighted by Crippen LogP contribution is -2.31. The summed E-state index contributed by atoms with van der Waals surface area (Å²) in [5.41, 5.74) is 11.2. The van der Waals surface area contributed by atoms with Crippen LogP contribution in [0, 0.1) is 6.92 Å². The zero-order valence-electron chi connectivity index (χ0n) is 28.6. The van der Waals surface area contributed by atoms with Gasteiger partial charge in [0.05, 0.1) is 18.0 Å². The van der Waals surface area contributed by atoms with Gasteiger partial charge in [0.25, 0.3) is 5.56 Å². The van der Waals surface area contributed by atoms with Gasteiger partial charge in [0.2, 0.25) is 0 Å². The number of nitrogens with zero attached hydrogens (tertiary/aromatic N) is 4. The van der Waals surface area contributed by atoms with Crippen LogP contribution < -0.4 is 16.0 Å². The van der Waals surface area contributed by atoms with Crippen molar-refractivity contribution in [1.29, 1.82) is 0 Å². The van der Waals surface area contributed by atoms with Gasteiger partial charge in [-0.15, -0.1) is 0 Å². The number of aliphatic imine (C=N–C) groups is 1. The Morgan fingerprint density at radius 3 is 2.42 bits per heavy atom. The molecule has 2 aromatic carbocycles. The van der Waals surface area contributed by atoms with E-state index in [4.69, 9.17) is 15.4 Å². The van der Waals surface area contributed by atoms with Gasteiger partial charge in [0.15, 0.2) is 18.3 Å². The number of rotatable bonds is 14. The normalized spacial score (nSPS) is 13.2. The molecule has 1 aromatic heterocycles. The van der Waals surface area contributed by atoms with Gasteiger partial charge in [-0.25, -0.2) is 9.20 Å². The zero-order valence-corrected chi connectivity index (χ0v) is 29.5. The number of amidine groups is 2. The lowest BCUT2D eigenvalue weighted by atomic mass is 10.1. The van der Waals surface area contributed by atoms with Crippen molar-refractivity contribution in [2.24, 2.45) is 21.0 Å². The van der Waals surface area contributed by atoms with E-state index in [-0.39, 0.29) is 30.2 Å². The van der Waals surface area contributed by atoms with Crippen LogP contribution in [0.25, 0.3) is 0 Å². The van der Waals surface area contributed by atoms with Crippen LogP contribution in [0.2, 0.25) is 0 Å². The molecule has 2 heterocycles. The topological polar surface area (TPSA) is 133 Å². The molecule has 11 heteroatoms. The summed E-state index contributed by atoms with van der Waals surface area (Å²) in [5, 5.41) is 8.12. The Labute approximate surface area is 287 Å². The molecule has 0 fully saturated rings. The highest BCUT2D eigenvalue weighted by Gasteiger charge is 2.16. The van der Waals surface area contributed by atoms with E-state index >= 15 is 0 Å². The van der Waals surface area contributed by atoms with Crippen molar-refractivity contribution in [1.82, 2.24) is 4.57 Å². The van der Waals surface area contributed by atoms with E-state index in [1.54, 1.807) is 22.8 Å². The van der Waals surface area contributed by atoms with Crippen LogP contribution in [0.3, 0.4) is 0 Å². The van der Waals surface area contributed by atoms with Gasteiger partial charge in [0, 0.05) is 17.7 Å². The molecule has 3 N–H and O–H groups in total. The number of nitrogens with one attached hydrogen (secondary N) is 1. The van der Waals surface area contributed by atoms with Crippen molar-refractivity contribution in [3.05, 3.63) is 136 Å². The Morgan fingerprint density at radius 2 is 1.77 bits per heavy atom. The first-order chi connectivity index (χ1) is 23.2. The number of anilines is 1. The van der Waals surface area contributed by atoms with E-state index in [1.807, 2.05) is 101 Å². The minimum Gasteiger partial charge on any atom is -0.389 e. The first-order valence-corrected chi connectivity index (χ1v) is 17.1. The monoisotopic (exact) mass is 672 g/mol. The Bertz CT molecular complexity index is 1670. The molecule has 1 aliphatic rings. The Kier molecular flexibility index (Phi) is 17.7. The molecule has 0 saturated heterocycles. The molecule has 0 aliphatic carbocycles. The molecule has 1 unspecified atom stereocenters. The lowest BCUT2D eigenvalue weighted by molar-refractivity contribution is 0.130. The standard InChI is InChI=1S/C31H36N6O4S.C4H6.C2H6/c1-4-8-22(2)21-42(39)36-28-16-11-23(3)37(31(28)38)18-27-20-41-34-29(33-27)17-24-12-14-26(15-13-24)30(32)35-40-19-25-9-6-5-7-10-25;1-3-4-2;1-2/h5-16,36H,4,17-21H2,1-3H3,(H2,32,35);3-4H,1-2H2;1-2H3/b22-8+;;. The molecular weight excluding hydrogens is 625 g/mol. The highest BCUT2D eigenvalue weighted by atomic mass is 32.2. The van der Waals surface area contributed by atoms with Crippen LogP contribution in [-0.2, 0) is 40.2 Å². The summed E-state index contributed by atoms with van der Waals surface area (Å²) in [4.78, 5) is 28.7. The minimum atomic E-state index is -1.41. The van der Waals surface area contributed by atoms with Crippen molar-refractivity contribution >= 4 is 34.1 Å². The van der Waals surface area contributed by atoms with Crippen LogP contribution in [-0.4, -0.2) is 38.5 Å². The second-order valence-corrected chi connectivity index (χ2v) is 11.6. The van der Waals surface area contributed by atoms with E-state index in [9.17, 15) is 9.00 Å². The fraction of sp³-hybridized carbons (Fsp3) is 0.297. The molecule has 0 radical (unpaired) electrons. The molecule has 256 valence electrons. The molecular formula is C37H48N6O4S. The third-order valence-electron chi connectivity index (χ3n) is 6.57. The molecule has 4 rings (SSSR count). The van der Waals surface area contributed by atoms with E-state index in [0.717, 1.165) is 34.4 Å². The number of pyridine rings is 1. The number of allylic oxidation sites excluding steroid dienone is 3. The maximum Gasteiger partial charge on any atom is 0.275 e. The quantitative estimate of drug-likeness (QED) is 0.0637. The number of oxime groups is 2. The van der Waals surface area contributed by atoms with Crippen LogP contribution in [0.15, 0.2) is 124 Å². The van der Waals surface area contributed by atoms with Gasteiger partial charge in [-0.05, 0) is 43.5 Å². The molecule has 3 aromatic rings. The SMILES string of the molecule is C=CC=C.CC.CC/C=C(\C)CS(=O)Nc1ccc(C)n(CC2=NC(Cc3ccc(/C(N)=N/OCc4ccccc4)cc3)=NOC2)c1=O. The fourth-order valence-corrected chi connectivity index (χ4v) is 5.25. The highest BCUT2D eigenvalue weighted by molar-refractivity contribution is 7.86. The molecule has 10 nitrogen and oxygen atoms in total. The van der Waals surface area contributed by atoms with Crippen molar-refractivity contribution in [3.63, 3.8) is 0 Å². The maximum absolute atomic E-state index is 13.2. The van der Waals surface area contributed by atoms with Crippen molar-refractivity contribution in [2.75, 3.05) is 17.1 Å². The molecule has 0 bridgehead atoms. The number of nitrogens with two attached hydrogens (primary N) is 1. The van der Waals surface area contributed by atoms with Crippen LogP contribution in [0.5, 0.6) is 0 Å². The summed E-state index contributed by atoms with van der Waals surface area (Å²) in [5.74, 6) is 1.13. The fourth-order valence-electron chi connectivity index (χ4n) is 4.25. The molecule has 0 amide bonds. The third kappa shape index (κ3) is 13.4. The van der Waals surface area contributed by atoms with E-state index in [2.05, 4.69) is 33.2 Å². The Morgan fingerprint density at radius 1 is 1.08 bits per heavy atom. The summed E-state index contributed by atoms with van der Waals surface area (Å²) in [6, 6.07) is 20.8. The number of aromatic nitrogens is 1. The zero-order chi connectivity index (χ0) is 35.3. The maximum atomic E-state index is 13.2. The number of aryl methyl sites for hydroxylation is 1. The van der Waals surface area contributed by atoms with Crippen LogP contribution >= 0.6 is 0 Å². The Balaban J connectivity index is 0.00000124. The number of benzene rings is 2. The van der Waals surface area contributed by atoms with Gasteiger partial charge in [-0.2, -0.15) is 0 Å². The third-order valence-corrected chi connectivity index (χ3v) is 7.74. The summed E-state index contributed by atoms with van der Waals surface area (Å²) >= 11 is 0. The van der Waals surface area contributed by atoms with E-state index in [1.165, 1.54) is 0 Å². The number of hydrogen-bond acceptors (Lipinski definition) is 7. The lowest BCUT2D eigenvalue weighted by Gasteiger charge is -2.16. The first-order valence-electron chi connectivity index (χ1n) is 15.8. The first kappa shape index (κ1) is 39.1. The molecule has 1 atom stereocenters. The average molecular weight is 673 g/mol. The summed E-state index contributed by atoms with van der Waals surface area (Å²) in [6.45, 7) is 17.3. The van der Waals surface area contributed by atoms with Gasteiger partial charge >= 0.3 is 0 Å². The van der Waals surface area contributed by atoms with Gasteiger partial charge in [-0.1, -0.05) is 123 Å². The van der Waals surface area contributed by atoms with Crippen molar-refractivity contribution in [2.45, 2.75) is 60.6 Å². The van der Waals surface area contributed by atoms with Gasteiger partial charge in [-0.3, -0.25) is 9.52 Å². The Hall–Kier alpha value is -5.03. The van der Waals surface area contributed by atoms with Crippen molar-refractivity contribution in [3.8, 4) is 0 Å². The van der Waals surface area contributed by atoms with Crippen molar-refractivity contribution < 1.29 is 13.9 Å². The molecule has 0 saturated carbocycles. The van der Waals surface area contributed by atoms with E-state index < -0.39 is 11.0 Å². The molecule has 1 aliphatic heterocycles. The molecule has 48 heavy (non-hydrogen) atoms. The highest BCUT2D eigenvalue weighted by Crippen LogP contribution is 2.11. The smallest absolute Gasteiger partial charge is 0.275 e. The van der Waals surface area contributed by atoms with Gasteiger partial charge in [0.1, 0.15) is 23.3 Å².